The summed E-state index contributed by atoms with van der Waals surface area (Å²) in [6.07, 6.45) is 1.60. The molecule has 1 saturated carbocycles. The molecule has 1 aliphatic rings. The Morgan fingerprint density at radius 3 is 2.73 bits per heavy atom. The summed E-state index contributed by atoms with van der Waals surface area (Å²) in [4.78, 5) is 27.1. The number of carbonyl (C=O) groups excluding carboxylic acids is 1. The van der Waals surface area contributed by atoms with Crippen LogP contribution < -0.4 is 0 Å². The van der Waals surface area contributed by atoms with Gasteiger partial charge >= 0.3 is 6.18 Å². The number of carbonyl (C=O) groups is 1. The Morgan fingerprint density at radius 2 is 2.15 bits per heavy atom. The lowest BCUT2D eigenvalue weighted by molar-refractivity contribution is -0.137. The number of hydrogen-bond acceptors (Lipinski definition) is 5. The van der Waals surface area contributed by atoms with Crippen molar-refractivity contribution >= 4 is 18.6 Å². The first-order chi connectivity index (χ1) is 15.7. The molecule has 1 unspecified atom stereocenters. The van der Waals surface area contributed by atoms with E-state index in [2.05, 4.69) is 26.8 Å². The highest BCUT2D eigenvalue weighted by Crippen LogP contribution is 2.35. The van der Waals surface area contributed by atoms with Crippen molar-refractivity contribution in [1.29, 1.82) is 5.26 Å². The summed E-state index contributed by atoms with van der Waals surface area (Å²) < 4.78 is 41.4. The molecule has 0 aliphatic heterocycles. The van der Waals surface area contributed by atoms with Gasteiger partial charge in [0, 0.05) is 18.3 Å². The second kappa shape index (κ2) is 9.77. The first kappa shape index (κ1) is 23.8. The van der Waals surface area contributed by atoms with Crippen LogP contribution in [0.4, 0.5) is 13.2 Å². The van der Waals surface area contributed by atoms with Crippen LogP contribution in [-0.2, 0) is 6.18 Å². The van der Waals surface area contributed by atoms with Crippen molar-refractivity contribution in [3.05, 3.63) is 59.3 Å². The topological polar surface area (TPSA) is 99.5 Å². The Morgan fingerprint density at radius 1 is 1.42 bits per heavy atom. The van der Waals surface area contributed by atoms with Gasteiger partial charge in [0.15, 0.2) is 5.82 Å². The number of aliphatic imine (C=N–C) groups is 2. The lowest BCUT2D eigenvalue weighted by Crippen LogP contribution is -2.37. The van der Waals surface area contributed by atoms with Crippen molar-refractivity contribution in [2.45, 2.75) is 38.9 Å². The van der Waals surface area contributed by atoms with Gasteiger partial charge in [-0.3, -0.25) is 4.79 Å². The van der Waals surface area contributed by atoms with Crippen LogP contribution in [0.3, 0.4) is 0 Å². The average molecular weight is 457 g/mol. The average Bonchev–Trinajstić information content (AvgIpc) is 3.49. The van der Waals surface area contributed by atoms with E-state index in [1.807, 2.05) is 0 Å². The van der Waals surface area contributed by atoms with E-state index in [9.17, 15) is 23.2 Å². The molecule has 1 aromatic carbocycles. The third kappa shape index (κ3) is 5.52. The highest BCUT2D eigenvalue weighted by atomic mass is 19.4. The third-order valence-corrected chi connectivity index (χ3v) is 5.13. The standard InChI is InChI=1S/C22H22F3N7O/c1-4-7-28-21(27-3)32-19(29-13-30-32)14(2)31(12-15-5-6-15)20(33)17-8-16(11-26)9-18(10-17)22(23,24)25/h4,7-10,13-15H,3,5-6,12H2,1-2H3/b7-4-,28-21?. The molecule has 0 bridgehead atoms. The highest BCUT2D eigenvalue weighted by molar-refractivity contribution is 5.95. The first-order valence-corrected chi connectivity index (χ1v) is 10.2. The molecule has 1 aliphatic carbocycles. The number of aromatic nitrogens is 3. The third-order valence-electron chi connectivity index (χ3n) is 5.13. The largest absolute Gasteiger partial charge is 0.416 e. The zero-order chi connectivity index (χ0) is 24.2. The second-order valence-electron chi connectivity index (χ2n) is 7.59. The number of halogens is 3. The predicted molar refractivity (Wildman–Crippen MR) is 116 cm³/mol. The van der Waals surface area contributed by atoms with Crippen molar-refractivity contribution in [2.75, 3.05) is 6.54 Å². The predicted octanol–water partition coefficient (Wildman–Crippen LogP) is 4.22. The summed E-state index contributed by atoms with van der Waals surface area (Å²) in [6.45, 7) is 7.29. The van der Waals surface area contributed by atoms with Crippen molar-refractivity contribution in [3.8, 4) is 6.07 Å². The fourth-order valence-corrected chi connectivity index (χ4v) is 3.27. The Kier molecular flexibility index (Phi) is 7.06. The number of allylic oxidation sites excluding steroid dienone is 1. The fourth-order valence-electron chi connectivity index (χ4n) is 3.27. The summed E-state index contributed by atoms with van der Waals surface area (Å²) in [6, 6.07) is 3.69. The van der Waals surface area contributed by atoms with E-state index in [1.54, 1.807) is 26.0 Å². The van der Waals surface area contributed by atoms with Crippen LogP contribution in [0.15, 0.2) is 46.8 Å². The molecule has 3 rings (SSSR count). The molecule has 8 nitrogen and oxygen atoms in total. The zero-order valence-corrected chi connectivity index (χ0v) is 18.1. The molecule has 1 heterocycles. The number of nitriles is 1. The van der Waals surface area contributed by atoms with Crippen molar-refractivity contribution in [3.63, 3.8) is 0 Å². The van der Waals surface area contributed by atoms with E-state index >= 15 is 0 Å². The molecule has 0 N–H and O–H groups in total. The SMILES string of the molecule is C=NC(=N/C=C\C)n1ncnc1C(C)N(CC1CC1)C(=O)c1cc(C#N)cc(C(F)(F)F)c1. The van der Waals surface area contributed by atoms with Crippen LogP contribution in [0.25, 0.3) is 0 Å². The molecule has 172 valence electrons. The summed E-state index contributed by atoms with van der Waals surface area (Å²) in [5.41, 5.74) is -1.51. The van der Waals surface area contributed by atoms with Crippen LogP contribution in [0.2, 0.25) is 0 Å². The van der Waals surface area contributed by atoms with Gasteiger partial charge in [0.25, 0.3) is 11.9 Å². The van der Waals surface area contributed by atoms with Gasteiger partial charge in [-0.25, -0.2) is 15.0 Å². The van der Waals surface area contributed by atoms with Gasteiger partial charge in [-0.05, 0) is 57.5 Å². The zero-order valence-electron chi connectivity index (χ0n) is 18.1. The molecule has 1 atom stereocenters. The maximum absolute atomic E-state index is 13.4. The number of amides is 1. The molecular weight excluding hydrogens is 435 g/mol. The fraction of sp³-hybridized carbons (Fsp3) is 0.364. The molecule has 2 aromatic rings. The van der Waals surface area contributed by atoms with Gasteiger partial charge in [-0.1, -0.05) is 6.08 Å². The van der Waals surface area contributed by atoms with Crippen LogP contribution in [0, 0.1) is 17.2 Å². The lowest BCUT2D eigenvalue weighted by atomic mass is 10.0. The van der Waals surface area contributed by atoms with Crippen molar-refractivity contribution < 1.29 is 18.0 Å². The lowest BCUT2D eigenvalue weighted by Gasteiger charge is -2.29. The Labute approximate surface area is 188 Å². The first-order valence-electron chi connectivity index (χ1n) is 10.2. The Balaban J connectivity index is 2.03. The maximum Gasteiger partial charge on any atom is 0.416 e. The molecule has 0 spiro atoms. The van der Waals surface area contributed by atoms with E-state index in [0.29, 0.717) is 12.4 Å². The highest BCUT2D eigenvalue weighted by Gasteiger charge is 2.35. The van der Waals surface area contributed by atoms with Gasteiger partial charge in [-0.15, -0.1) is 0 Å². The van der Waals surface area contributed by atoms with Crippen LogP contribution >= 0.6 is 0 Å². The molecule has 0 saturated heterocycles. The van der Waals surface area contributed by atoms with Gasteiger partial charge in [-0.2, -0.15) is 28.2 Å². The molecular formula is C22H22F3N7O. The Hall–Kier alpha value is -3.81. The van der Waals surface area contributed by atoms with Crippen molar-refractivity contribution in [1.82, 2.24) is 19.7 Å². The van der Waals surface area contributed by atoms with Crippen molar-refractivity contribution in [2.24, 2.45) is 15.9 Å². The van der Waals surface area contributed by atoms with Gasteiger partial charge in [0.05, 0.1) is 23.2 Å². The smallest absolute Gasteiger partial charge is 0.328 e. The normalized spacial score (nSPS) is 15.3. The minimum atomic E-state index is -4.69. The maximum atomic E-state index is 13.4. The molecule has 11 heteroatoms. The molecule has 33 heavy (non-hydrogen) atoms. The molecule has 0 radical (unpaired) electrons. The van der Waals surface area contributed by atoms with Crippen LogP contribution in [0.1, 0.15) is 60.0 Å². The van der Waals surface area contributed by atoms with E-state index < -0.39 is 23.7 Å². The Bertz CT molecular complexity index is 1140. The van der Waals surface area contributed by atoms with Crippen LogP contribution in [-0.4, -0.2) is 44.8 Å². The monoisotopic (exact) mass is 457 g/mol. The molecule has 1 amide bonds. The van der Waals surface area contributed by atoms with Gasteiger partial charge in [0.1, 0.15) is 6.33 Å². The number of alkyl halides is 3. The number of rotatable bonds is 6. The minimum Gasteiger partial charge on any atom is -0.328 e. The second-order valence-corrected chi connectivity index (χ2v) is 7.59. The van der Waals surface area contributed by atoms with E-state index in [4.69, 9.17) is 0 Å². The van der Waals surface area contributed by atoms with E-state index in [0.717, 1.165) is 25.0 Å². The van der Waals surface area contributed by atoms with E-state index in [1.165, 1.54) is 28.2 Å². The number of hydrogen-bond donors (Lipinski definition) is 0. The minimum absolute atomic E-state index is 0.136. The molecule has 1 fully saturated rings. The number of nitrogens with zero attached hydrogens (tertiary/aromatic N) is 7. The molecule has 1 aromatic heterocycles. The summed E-state index contributed by atoms with van der Waals surface area (Å²) in [5.74, 6) is 0.0667. The number of benzene rings is 1. The van der Waals surface area contributed by atoms with Gasteiger partial charge < -0.3 is 4.90 Å². The van der Waals surface area contributed by atoms with Crippen LogP contribution in [0.5, 0.6) is 0 Å². The quantitative estimate of drug-likeness (QED) is 0.479. The summed E-state index contributed by atoms with van der Waals surface area (Å²) >= 11 is 0. The van der Waals surface area contributed by atoms with Gasteiger partial charge in [0.2, 0.25) is 0 Å². The van der Waals surface area contributed by atoms with E-state index in [-0.39, 0.29) is 23.0 Å². The summed E-state index contributed by atoms with van der Waals surface area (Å²) in [7, 11) is 0. The summed E-state index contributed by atoms with van der Waals surface area (Å²) in [5, 5.41) is 13.3.